The number of ketones is 1. The van der Waals surface area contributed by atoms with E-state index in [1.54, 1.807) is 18.9 Å². The minimum absolute atomic E-state index is 0.210. The van der Waals surface area contributed by atoms with Gasteiger partial charge < -0.3 is 14.3 Å². The van der Waals surface area contributed by atoms with Crippen LogP contribution in [0.25, 0.3) is 0 Å². The number of hydrogen-bond acceptors (Lipinski definition) is 4. The highest BCUT2D eigenvalue weighted by molar-refractivity contribution is 5.89. The van der Waals surface area contributed by atoms with E-state index in [1.807, 2.05) is 24.3 Å². The number of amides is 1. The highest BCUT2D eigenvalue weighted by Crippen LogP contribution is 2.22. The first kappa shape index (κ1) is 15.5. The molecule has 0 aromatic heterocycles. The standard InChI is InChI=1S/C16H21NO4/c1-12(18)4-3-5-13-6-8-14(9-7-13)17-10-15(11-20-2)21-16(17)19/h6-9,15H,3-5,10-11H2,1-2H3/t15-/m1/s1. The Morgan fingerprint density at radius 2 is 2.10 bits per heavy atom. The highest BCUT2D eigenvalue weighted by Gasteiger charge is 2.32. The molecule has 21 heavy (non-hydrogen) atoms. The Morgan fingerprint density at radius 1 is 1.38 bits per heavy atom. The Hall–Kier alpha value is -1.88. The summed E-state index contributed by atoms with van der Waals surface area (Å²) in [6.07, 6.45) is 1.80. The fourth-order valence-electron chi connectivity index (χ4n) is 2.39. The average Bonchev–Trinajstić information content (AvgIpc) is 2.80. The molecule has 1 aliphatic rings. The second-order valence-corrected chi connectivity index (χ2v) is 5.29. The SMILES string of the molecule is COC[C@H]1CN(c2ccc(CCCC(C)=O)cc2)C(=O)O1. The zero-order valence-electron chi connectivity index (χ0n) is 12.5. The average molecular weight is 291 g/mol. The predicted octanol–water partition coefficient (Wildman–Crippen LogP) is 2.57. The lowest BCUT2D eigenvalue weighted by Gasteiger charge is -2.13. The number of methoxy groups -OCH3 is 1. The second kappa shape index (κ2) is 7.22. The van der Waals surface area contributed by atoms with Gasteiger partial charge in [0.1, 0.15) is 11.9 Å². The summed E-state index contributed by atoms with van der Waals surface area (Å²) in [6, 6.07) is 7.82. The van der Waals surface area contributed by atoms with Crippen molar-refractivity contribution < 1.29 is 19.1 Å². The number of rotatable bonds is 7. The molecule has 1 aliphatic heterocycles. The van der Waals surface area contributed by atoms with Crippen molar-refractivity contribution >= 4 is 17.6 Å². The van der Waals surface area contributed by atoms with Gasteiger partial charge in [0.15, 0.2) is 0 Å². The van der Waals surface area contributed by atoms with Gasteiger partial charge in [0.05, 0.1) is 13.2 Å². The molecule has 0 unspecified atom stereocenters. The van der Waals surface area contributed by atoms with Crippen molar-refractivity contribution in [2.75, 3.05) is 25.2 Å². The monoisotopic (exact) mass is 291 g/mol. The number of carbonyl (C=O) groups is 2. The molecule has 0 bridgehead atoms. The predicted molar refractivity (Wildman–Crippen MR) is 79.6 cm³/mol. The van der Waals surface area contributed by atoms with E-state index < -0.39 is 0 Å². The van der Waals surface area contributed by atoms with Crippen LogP contribution in [-0.2, 0) is 20.7 Å². The van der Waals surface area contributed by atoms with Gasteiger partial charge in [-0.1, -0.05) is 12.1 Å². The first-order valence-electron chi connectivity index (χ1n) is 7.15. The van der Waals surface area contributed by atoms with Gasteiger partial charge in [-0.3, -0.25) is 4.90 Å². The zero-order valence-corrected chi connectivity index (χ0v) is 12.5. The van der Waals surface area contributed by atoms with Crippen LogP contribution < -0.4 is 4.90 Å². The Labute approximate surface area is 124 Å². The number of carbonyl (C=O) groups excluding carboxylic acids is 2. The summed E-state index contributed by atoms with van der Waals surface area (Å²) in [5, 5.41) is 0. The van der Waals surface area contributed by atoms with E-state index in [0.29, 0.717) is 19.6 Å². The highest BCUT2D eigenvalue weighted by atomic mass is 16.6. The summed E-state index contributed by atoms with van der Waals surface area (Å²) in [4.78, 5) is 24.3. The third-order valence-electron chi connectivity index (χ3n) is 3.47. The van der Waals surface area contributed by atoms with Gasteiger partial charge in [-0.25, -0.2) is 4.79 Å². The zero-order chi connectivity index (χ0) is 15.2. The van der Waals surface area contributed by atoms with Crippen LogP contribution in [0.5, 0.6) is 0 Å². The molecule has 1 saturated heterocycles. The van der Waals surface area contributed by atoms with E-state index in [0.717, 1.165) is 18.5 Å². The summed E-state index contributed by atoms with van der Waals surface area (Å²) < 4.78 is 10.2. The Bertz CT molecular complexity index is 498. The number of Topliss-reactive ketones (excluding diaryl/α,β-unsaturated/α-hetero) is 1. The number of nitrogens with zero attached hydrogens (tertiary/aromatic N) is 1. The molecule has 1 aromatic carbocycles. The Morgan fingerprint density at radius 3 is 2.71 bits per heavy atom. The molecule has 0 radical (unpaired) electrons. The molecule has 0 aliphatic carbocycles. The van der Waals surface area contributed by atoms with Crippen molar-refractivity contribution in [2.24, 2.45) is 0 Å². The molecule has 1 heterocycles. The number of anilines is 1. The molecule has 5 heteroatoms. The van der Waals surface area contributed by atoms with Crippen molar-refractivity contribution in [3.63, 3.8) is 0 Å². The minimum atomic E-state index is -0.332. The first-order valence-corrected chi connectivity index (χ1v) is 7.15. The topological polar surface area (TPSA) is 55.8 Å². The van der Waals surface area contributed by atoms with E-state index in [-0.39, 0.29) is 18.0 Å². The van der Waals surface area contributed by atoms with E-state index in [9.17, 15) is 9.59 Å². The molecule has 2 rings (SSSR count). The van der Waals surface area contributed by atoms with E-state index >= 15 is 0 Å². The van der Waals surface area contributed by atoms with Crippen molar-refractivity contribution in [1.29, 1.82) is 0 Å². The maximum atomic E-state index is 11.8. The Balaban J connectivity index is 1.92. The number of cyclic esters (lactones) is 1. The number of hydrogen-bond donors (Lipinski definition) is 0. The van der Waals surface area contributed by atoms with Crippen LogP contribution in [0.3, 0.4) is 0 Å². The van der Waals surface area contributed by atoms with Gasteiger partial charge in [0, 0.05) is 19.2 Å². The summed E-state index contributed by atoms with van der Waals surface area (Å²) in [7, 11) is 1.59. The third kappa shape index (κ3) is 4.29. The largest absolute Gasteiger partial charge is 0.441 e. The Kier molecular flexibility index (Phi) is 5.33. The van der Waals surface area contributed by atoms with Gasteiger partial charge in [-0.05, 0) is 37.5 Å². The molecule has 114 valence electrons. The quantitative estimate of drug-likeness (QED) is 0.774. The lowest BCUT2D eigenvalue weighted by Crippen LogP contribution is -2.25. The smallest absolute Gasteiger partial charge is 0.414 e. The van der Waals surface area contributed by atoms with Crippen molar-refractivity contribution in [3.8, 4) is 0 Å². The molecular formula is C16H21NO4. The molecule has 1 atom stereocenters. The van der Waals surface area contributed by atoms with Gasteiger partial charge >= 0.3 is 6.09 Å². The lowest BCUT2D eigenvalue weighted by molar-refractivity contribution is -0.117. The fourth-order valence-corrected chi connectivity index (χ4v) is 2.39. The molecule has 0 N–H and O–H groups in total. The molecule has 5 nitrogen and oxygen atoms in total. The molecule has 1 aromatic rings. The molecule has 1 amide bonds. The van der Waals surface area contributed by atoms with E-state index in [2.05, 4.69) is 0 Å². The molecular weight excluding hydrogens is 270 g/mol. The second-order valence-electron chi connectivity index (χ2n) is 5.29. The van der Waals surface area contributed by atoms with Crippen molar-refractivity contribution in [1.82, 2.24) is 0 Å². The number of benzene rings is 1. The number of ether oxygens (including phenoxy) is 2. The number of aryl methyl sites for hydroxylation is 1. The van der Waals surface area contributed by atoms with E-state index in [4.69, 9.17) is 9.47 Å². The third-order valence-corrected chi connectivity index (χ3v) is 3.47. The maximum Gasteiger partial charge on any atom is 0.414 e. The van der Waals surface area contributed by atoms with Crippen LogP contribution in [0.2, 0.25) is 0 Å². The van der Waals surface area contributed by atoms with Crippen LogP contribution in [0.1, 0.15) is 25.3 Å². The first-order chi connectivity index (χ1) is 10.1. The van der Waals surface area contributed by atoms with Gasteiger partial charge in [0.2, 0.25) is 0 Å². The van der Waals surface area contributed by atoms with Gasteiger partial charge in [-0.15, -0.1) is 0 Å². The van der Waals surface area contributed by atoms with Crippen molar-refractivity contribution in [2.45, 2.75) is 32.3 Å². The molecule has 0 saturated carbocycles. The lowest BCUT2D eigenvalue weighted by atomic mass is 10.1. The van der Waals surface area contributed by atoms with Crippen LogP contribution in [-0.4, -0.2) is 38.2 Å². The van der Waals surface area contributed by atoms with Gasteiger partial charge in [0.25, 0.3) is 0 Å². The molecule has 0 spiro atoms. The summed E-state index contributed by atoms with van der Waals surface area (Å²) in [6.45, 7) is 2.53. The fraction of sp³-hybridized carbons (Fsp3) is 0.500. The maximum absolute atomic E-state index is 11.8. The minimum Gasteiger partial charge on any atom is -0.441 e. The summed E-state index contributed by atoms with van der Waals surface area (Å²) in [5.74, 6) is 0.218. The van der Waals surface area contributed by atoms with Crippen LogP contribution >= 0.6 is 0 Å². The van der Waals surface area contributed by atoms with Crippen LogP contribution in [0.4, 0.5) is 10.5 Å². The van der Waals surface area contributed by atoms with E-state index in [1.165, 1.54) is 5.56 Å². The normalized spacial score (nSPS) is 17.9. The summed E-state index contributed by atoms with van der Waals surface area (Å²) >= 11 is 0. The van der Waals surface area contributed by atoms with Crippen molar-refractivity contribution in [3.05, 3.63) is 29.8 Å². The summed E-state index contributed by atoms with van der Waals surface area (Å²) in [5.41, 5.74) is 2.00. The van der Waals surface area contributed by atoms with Gasteiger partial charge in [-0.2, -0.15) is 0 Å². The van der Waals surface area contributed by atoms with Crippen LogP contribution in [0.15, 0.2) is 24.3 Å². The molecule has 1 fully saturated rings. The van der Waals surface area contributed by atoms with Crippen LogP contribution in [0, 0.1) is 0 Å².